The van der Waals surface area contributed by atoms with E-state index in [0.717, 1.165) is 4.90 Å². The minimum absolute atomic E-state index is 0.0502. The number of nitrogens with one attached hydrogen (secondary N) is 1. The average molecular weight is 508 g/mol. The third-order valence-electron chi connectivity index (χ3n) is 4.80. The molecule has 0 radical (unpaired) electrons. The van der Waals surface area contributed by atoms with E-state index in [0.29, 0.717) is 5.56 Å². The largest absolute Gasteiger partial charge is 0.456 e. The van der Waals surface area contributed by atoms with Crippen LogP contribution in [-0.2, 0) is 35.4 Å². The Labute approximate surface area is 193 Å². The van der Waals surface area contributed by atoms with Crippen molar-refractivity contribution in [2.75, 3.05) is 6.61 Å². The SMILES string of the molecule is C=C1C(C)=C(C(=O)OCC(Cl)(Cl)Cl)N2C(=O)[C@@H](NC(=O)Cc3ccccc3)[C@H]2S1(=O)=O. The summed E-state index contributed by atoms with van der Waals surface area (Å²) in [6, 6.07) is 7.35. The molecule has 2 aliphatic rings. The van der Waals surface area contributed by atoms with Gasteiger partial charge in [0.05, 0.1) is 11.3 Å². The summed E-state index contributed by atoms with van der Waals surface area (Å²) in [5.74, 6) is -2.37. The Morgan fingerprint density at radius 1 is 1.23 bits per heavy atom. The molecule has 0 aromatic heterocycles. The maximum absolute atomic E-state index is 12.9. The van der Waals surface area contributed by atoms with Gasteiger partial charge in [0.1, 0.15) is 18.3 Å². The zero-order valence-corrected chi connectivity index (χ0v) is 19.2. The number of allylic oxidation sites excluding steroid dienone is 1. The Morgan fingerprint density at radius 3 is 2.42 bits per heavy atom. The molecule has 8 nitrogen and oxygen atoms in total. The molecular weight excluding hydrogens is 491 g/mol. The van der Waals surface area contributed by atoms with Crippen molar-refractivity contribution in [2.24, 2.45) is 0 Å². The highest BCUT2D eigenvalue weighted by Gasteiger charge is 2.61. The number of ether oxygens (including phenoxy) is 1. The van der Waals surface area contributed by atoms with Gasteiger partial charge in [-0.15, -0.1) is 0 Å². The number of benzene rings is 1. The zero-order valence-electron chi connectivity index (χ0n) is 16.1. The molecule has 2 aliphatic heterocycles. The van der Waals surface area contributed by atoms with Crippen molar-refractivity contribution in [1.82, 2.24) is 10.2 Å². The van der Waals surface area contributed by atoms with Gasteiger partial charge < -0.3 is 10.1 Å². The van der Waals surface area contributed by atoms with Crippen LogP contribution in [0.1, 0.15) is 12.5 Å². The van der Waals surface area contributed by atoms with Crippen LogP contribution in [0.25, 0.3) is 0 Å². The number of rotatable bonds is 5. The average Bonchev–Trinajstić information content (AvgIpc) is 2.69. The molecule has 0 unspecified atom stereocenters. The molecule has 0 saturated carbocycles. The number of nitrogens with zero attached hydrogens (tertiary/aromatic N) is 1. The maximum atomic E-state index is 12.9. The molecule has 2 amide bonds. The summed E-state index contributed by atoms with van der Waals surface area (Å²) in [6.45, 7) is 4.23. The van der Waals surface area contributed by atoms with Crippen molar-refractivity contribution >= 4 is 62.4 Å². The molecule has 0 spiro atoms. The van der Waals surface area contributed by atoms with Crippen molar-refractivity contribution in [3.8, 4) is 0 Å². The van der Waals surface area contributed by atoms with Crippen LogP contribution in [-0.4, -0.2) is 52.9 Å². The van der Waals surface area contributed by atoms with E-state index in [1.54, 1.807) is 30.3 Å². The fourth-order valence-electron chi connectivity index (χ4n) is 3.30. The Bertz CT molecular complexity index is 1100. The van der Waals surface area contributed by atoms with E-state index in [9.17, 15) is 22.8 Å². The minimum Gasteiger partial charge on any atom is -0.456 e. The zero-order chi connectivity index (χ0) is 23.1. The van der Waals surface area contributed by atoms with E-state index in [4.69, 9.17) is 39.5 Å². The first-order valence-electron chi connectivity index (χ1n) is 8.89. The lowest BCUT2D eigenvalue weighted by atomic mass is 10.0. The second-order valence-corrected chi connectivity index (χ2v) is 11.5. The molecule has 3 rings (SSSR count). The number of hydrogen-bond acceptors (Lipinski definition) is 6. The smallest absolute Gasteiger partial charge is 0.355 e. The van der Waals surface area contributed by atoms with Crippen molar-refractivity contribution < 1.29 is 27.5 Å². The first-order valence-corrected chi connectivity index (χ1v) is 11.6. The van der Waals surface area contributed by atoms with Gasteiger partial charge in [0.15, 0.2) is 5.37 Å². The molecule has 31 heavy (non-hydrogen) atoms. The van der Waals surface area contributed by atoms with Crippen LogP contribution in [0.5, 0.6) is 0 Å². The van der Waals surface area contributed by atoms with Gasteiger partial charge in [0.2, 0.25) is 19.5 Å². The number of hydrogen-bond donors (Lipinski definition) is 1. The summed E-state index contributed by atoms with van der Waals surface area (Å²) in [6.07, 6.45) is -0.0502. The Kier molecular flexibility index (Phi) is 6.44. The van der Waals surface area contributed by atoms with E-state index in [1.165, 1.54) is 6.92 Å². The lowest BCUT2D eigenvalue weighted by Gasteiger charge is -2.49. The summed E-state index contributed by atoms with van der Waals surface area (Å²) in [4.78, 5) is 38.1. The standard InChI is InChI=1S/C19H17Cl3N2O6S/c1-10-11(2)31(28,29)17-14(23-13(25)8-12-6-4-3-5-7-12)16(26)24(17)15(10)18(27)30-9-19(20,21)22/h3-7,14,17H,2,8-9H2,1H3,(H,23,25)/t14-,17-/m1/s1. The maximum Gasteiger partial charge on any atom is 0.355 e. The molecule has 1 fully saturated rings. The van der Waals surface area contributed by atoms with Crippen molar-refractivity contribution in [3.63, 3.8) is 0 Å². The summed E-state index contributed by atoms with van der Waals surface area (Å²) >= 11 is 16.7. The summed E-state index contributed by atoms with van der Waals surface area (Å²) in [5, 5.41) is 0.910. The number of halogens is 3. The Balaban J connectivity index is 1.84. The van der Waals surface area contributed by atoms with Crippen LogP contribution in [0, 0.1) is 0 Å². The first-order chi connectivity index (χ1) is 14.3. The van der Waals surface area contributed by atoms with Gasteiger partial charge >= 0.3 is 5.97 Å². The predicted octanol–water partition coefficient (Wildman–Crippen LogP) is 2.01. The van der Waals surface area contributed by atoms with Gasteiger partial charge in [-0.3, -0.25) is 14.5 Å². The third kappa shape index (κ3) is 4.59. The van der Waals surface area contributed by atoms with Crippen LogP contribution >= 0.6 is 34.8 Å². The normalized spacial score (nSPS) is 22.5. The summed E-state index contributed by atoms with van der Waals surface area (Å²) < 4.78 is 28.8. The van der Waals surface area contributed by atoms with E-state index in [-0.39, 0.29) is 22.6 Å². The fraction of sp³-hybridized carbons (Fsp3) is 0.316. The highest BCUT2D eigenvalue weighted by Crippen LogP contribution is 2.42. The molecule has 1 aromatic carbocycles. The second-order valence-electron chi connectivity index (χ2n) is 6.94. The van der Waals surface area contributed by atoms with Gasteiger partial charge in [-0.25, -0.2) is 13.2 Å². The van der Waals surface area contributed by atoms with Gasteiger partial charge in [-0.05, 0) is 18.1 Å². The molecule has 0 aliphatic carbocycles. The molecule has 0 bridgehead atoms. The van der Waals surface area contributed by atoms with Crippen LogP contribution in [0.2, 0.25) is 0 Å². The second kappa shape index (κ2) is 8.46. The fourth-order valence-corrected chi connectivity index (χ4v) is 5.31. The molecule has 1 saturated heterocycles. The van der Waals surface area contributed by atoms with Gasteiger partial charge in [0.25, 0.3) is 5.91 Å². The Morgan fingerprint density at radius 2 is 1.84 bits per heavy atom. The quantitative estimate of drug-likeness (QED) is 0.371. The van der Waals surface area contributed by atoms with Crippen LogP contribution in [0.15, 0.2) is 53.1 Å². The third-order valence-corrected chi connectivity index (χ3v) is 7.24. The van der Waals surface area contributed by atoms with E-state index in [1.807, 2.05) is 0 Å². The highest BCUT2D eigenvalue weighted by molar-refractivity contribution is 7.96. The summed E-state index contributed by atoms with van der Waals surface area (Å²) in [5.41, 5.74) is 0.303. The van der Waals surface area contributed by atoms with E-state index in [2.05, 4.69) is 11.9 Å². The minimum atomic E-state index is -4.11. The van der Waals surface area contributed by atoms with Crippen LogP contribution < -0.4 is 5.32 Å². The van der Waals surface area contributed by atoms with Crippen molar-refractivity contribution in [1.29, 1.82) is 0 Å². The van der Waals surface area contributed by atoms with E-state index < -0.39 is 49.4 Å². The molecule has 2 atom stereocenters. The van der Waals surface area contributed by atoms with Crippen molar-refractivity contribution in [2.45, 2.75) is 28.6 Å². The monoisotopic (exact) mass is 506 g/mol. The number of alkyl halides is 3. The van der Waals surface area contributed by atoms with Crippen LogP contribution in [0.4, 0.5) is 0 Å². The molecular formula is C19H17Cl3N2O6S. The highest BCUT2D eigenvalue weighted by atomic mass is 35.6. The van der Waals surface area contributed by atoms with Crippen LogP contribution in [0.3, 0.4) is 0 Å². The lowest BCUT2D eigenvalue weighted by molar-refractivity contribution is -0.153. The van der Waals surface area contributed by atoms with Crippen molar-refractivity contribution in [3.05, 3.63) is 58.6 Å². The van der Waals surface area contributed by atoms with Gasteiger partial charge in [-0.2, -0.15) is 0 Å². The number of β-lactam (4-membered cyclic amide) rings is 1. The van der Waals surface area contributed by atoms with E-state index >= 15 is 0 Å². The number of fused-ring (bicyclic) bond motifs is 1. The topological polar surface area (TPSA) is 110 Å². The molecule has 2 heterocycles. The molecule has 1 aromatic rings. The molecule has 166 valence electrons. The number of esters is 1. The van der Waals surface area contributed by atoms with Gasteiger partial charge in [-0.1, -0.05) is 71.7 Å². The number of carbonyl (C=O) groups excluding carboxylic acids is 3. The van der Waals surface area contributed by atoms with Gasteiger partial charge in [0, 0.05) is 0 Å². The number of sulfone groups is 1. The number of carbonyl (C=O) groups is 3. The first kappa shape index (κ1) is 23.6. The Hall–Kier alpha value is -2.07. The lowest BCUT2D eigenvalue weighted by Crippen LogP contribution is -2.74. The molecule has 1 N–H and O–H groups in total. The number of amides is 2. The predicted molar refractivity (Wildman–Crippen MR) is 115 cm³/mol. The molecule has 12 heteroatoms. The summed E-state index contributed by atoms with van der Waals surface area (Å²) in [7, 11) is -4.11.